The molecule has 0 bridgehead atoms. The monoisotopic (exact) mass is 287 g/mol. The van der Waals surface area contributed by atoms with Gasteiger partial charge in [-0.3, -0.25) is 4.68 Å². The molecule has 0 amide bonds. The van der Waals surface area contributed by atoms with Gasteiger partial charge in [-0.1, -0.05) is 50.6 Å². The molecule has 1 aromatic heterocycles. The minimum atomic E-state index is -0.828. The van der Waals surface area contributed by atoms with Crippen LogP contribution in [0.2, 0.25) is 0 Å². The van der Waals surface area contributed by atoms with E-state index in [1.54, 1.807) is 11.0 Å². The van der Waals surface area contributed by atoms with Crippen molar-refractivity contribution in [2.75, 3.05) is 0 Å². The number of benzene rings is 1. The van der Waals surface area contributed by atoms with E-state index in [1.165, 1.54) is 17.5 Å². The van der Waals surface area contributed by atoms with E-state index in [2.05, 4.69) is 62.0 Å². The van der Waals surface area contributed by atoms with E-state index >= 15 is 0 Å². The summed E-state index contributed by atoms with van der Waals surface area (Å²) in [6, 6.07) is 8.49. The first-order valence-corrected chi connectivity index (χ1v) is 7.40. The fourth-order valence-electron chi connectivity index (χ4n) is 2.38. The van der Waals surface area contributed by atoms with E-state index in [0.29, 0.717) is 13.0 Å². The molecular weight excluding hydrogens is 262 g/mol. The van der Waals surface area contributed by atoms with Gasteiger partial charge in [0.25, 0.3) is 0 Å². The molecule has 1 aromatic carbocycles. The maximum atomic E-state index is 11.1. The standard InChI is InChI=1S/C17H25N3O/c1-14-5-7-15(8-6-14)9-10-17(21,16(2,3)4)11-20-13-18-12-19-20/h5-8,12-13,21H,9-11H2,1-4H3. The van der Waals surface area contributed by atoms with Gasteiger partial charge in [-0.05, 0) is 30.7 Å². The van der Waals surface area contributed by atoms with Gasteiger partial charge in [-0.15, -0.1) is 0 Å². The van der Waals surface area contributed by atoms with E-state index < -0.39 is 5.60 Å². The zero-order chi connectivity index (χ0) is 15.5. The van der Waals surface area contributed by atoms with Gasteiger partial charge in [0.05, 0.1) is 12.1 Å². The molecule has 0 fully saturated rings. The highest BCUT2D eigenvalue weighted by molar-refractivity contribution is 5.21. The first-order valence-electron chi connectivity index (χ1n) is 7.40. The van der Waals surface area contributed by atoms with Crippen LogP contribution in [-0.2, 0) is 13.0 Å². The van der Waals surface area contributed by atoms with Crippen LogP contribution in [0.1, 0.15) is 38.3 Å². The average Bonchev–Trinajstić information content (AvgIpc) is 2.89. The second-order valence-corrected chi connectivity index (χ2v) is 6.86. The van der Waals surface area contributed by atoms with Crippen molar-refractivity contribution in [2.24, 2.45) is 5.41 Å². The summed E-state index contributed by atoms with van der Waals surface area (Å²) in [4.78, 5) is 3.96. The second kappa shape index (κ2) is 5.98. The molecule has 4 nitrogen and oxygen atoms in total. The zero-order valence-electron chi connectivity index (χ0n) is 13.4. The van der Waals surface area contributed by atoms with Crippen LogP contribution < -0.4 is 0 Å². The number of hydrogen-bond donors (Lipinski definition) is 1. The van der Waals surface area contributed by atoms with Crippen LogP contribution in [0.4, 0.5) is 0 Å². The van der Waals surface area contributed by atoms with Crippen molar-refractivity contribution in [1.82, 2.24) is 14.8 Å². The highest BCUT2D eigenvalue weighted by atomic mass is 16.3. The summed E-state index contributed by atoms with van der Waals surface area (Å²) < 4.78 is 1.71. The van der Waals surface area contributed by atoms with Crippen molar-refractivity contribution in [3.8, 4) is 0 Å². The molecule has 21 heavy (non-hydrogen) atoms. The Bertz CT molecular complexity index is 555. The lowest BCUT2D eigenvalue weighted by Crippen LogP contribution is -2.47. The molecule has 0 radical (unpaired) electrons. The van der Waals surface area contributed by atoms with Gasteiger partial charge in [-0.25, -0.2) is 4.98 Å². The van der Waals surface area contributed by atoms with Crippen LogP contribution >= 0.6 is 0 Å². The molecule has 2 rings (SSSR count). The molecule has 0 saturated carbocycles. The lowest BCUT2D eigenvalue weighted by molar-refractivity contribution is -0.0796. The molecule has 1 N–H and O–H groups in total. The van der Waals surface area contributed by atoms with Crippen molar-refractivity contribution in [3.63, 3.8) is 0 Å². The summed E-state index contributed by atoms with van der Waals surface area (Å²) in [7, 11) is 0. The number of aliphatic hydroxyl groups is 1. The average molecular weight is 287 g/mol. The van der Waals surface area contributed by atoms with Gasteiger partial charge in [-0.2, -0.15) is 5.10 Å². The minimum Gasteiger partial charge on any atom is -0.387 e. The van der Waals surface area contributed by atoms with Crippen LogP contribution in [0, 0.1) is 12.3 Å². The lowest BCUT2D eigenvalue weighted by Gasteiger charge is -2.40. The molecule has 0 aliphatic rings. The Morgan fingerprint density at radius 2 is 1.81 bits per heavy atom. The fourth-order valence-corrected chi connectivity index (χ4v) is 2.38. The molecule has 1 unspecified atom stereocenters. The minimum absolute atomic E-state index is 0.232. The SMILES string of the molecule is Cc1ccc(CCC(O)(Cn2cncn2)C(C)(C)C)cc1. The molecule has 0 aliphatic heterocycles. The van der Waals surface area contributed by atoms with E-state index in [-0.39, 0.29) is 5.41 Å². The van der Waals surface area contributed by atoms with E-state index in [1.807, 2.05) is 0 Å². The van der Waals surface area contributed by atoms with Gasteiger partial charge < -0.3 is 5.11 Å². The largest absolute Gasteiger partial charge is 0.387 e. The Morgan fingerprint density at radius 3 is 2.33 bits per heavy atom. The Hall–Kier alpha value is -1.68. The van der Waals surface area contributed by atoms with Gasteiger partial charge in [0, 0.05) is 0 Å². The van der Waals surface area contributed by atoms with Crippen LogP contribution in [0.25, 0.3) is 0 Å². The number of aryl methyl sites for hydroxylation is 2. The normalized spacial score (nSPS) is 14.9. The summed E-state index contributed by atoms with van der Waals surface area (Å²) >= 11 is 0. The van der Waals surface area contributed by atoms with Crippen LogP contribution in [0.3, 0.4) is 0 Å². The topological polar surface area (TPSA) is 50.9 Å². The maximum absolute atomic E-state index is 11.1. The van der Waals surface area contributed by atoms with Crippen molar-refractivity contribution in [1.29, 1.82) is 0 Å². The van der Waals surface area contributed by atoms with Gasteiger partial charge in [0.15, 0.2) is 0 Å². The maximum Gasteiger partial charge on any atom is 0.137 e. The van der Waals surface area contributed by atoms with Gasteiger partial charge in [0.1, 0.15) is 12.7 Å². The number of rotatable bonds is 5. The second-order valence-electron chi connectivity index (χ2n) is 6.86. The Morgan fingerprint density at radius 1 is 1.14 bits per heavy atom. The Labute approximate surface area is 126 Å². The van der Waals surface area contributed by atoms with Gasteiger partial charge >= 0.3 is 0 Å². The van der Waals surface area contributed by atoms with Crippen molar-refractivity contribution in [2.45, 2.75) is 52.7 Å². The van der Waals surface area contributed by atoms with Crippen LogP contribution in [0.5, 0.6) is 0 Å². The van der Waals surface area contributed by atoms with E-state index in [4.69, 9.17) is 0 Å². The molecule has 1 heterocycles. The quantitative estimate of drug-likeness (QED) is 0.919. The van der Waals surface area contributed by atoms with Gasteiger partial charge in [0.2, 0.25) is 0 Å². The summed E-state index contributed by atoms with van der Waals surface area (Å²) in [5.74, 6) is 0. The van der Waals surface area contributed by atoms with Crippen molar-refractivity contribution >= 4 is 0 Å². The van der Waals surface area contributed by atoms with Crippen LogP contribution in [0.15, 0.2) is 36.9 Å². The van der Waals surface area contributed by atoms with Crippen molar-refractivity contribution in [3.05, 3.63) is 48.0 Å². The Kier molecular flexibility index (Phi) is 4.47. The summed E-state index contributed by atoms with van der Waals surface area (Å²) in [5, 5.41) is 15.3. The third-order valence-electron chi connectivity index (χ3n) is 4.23. The Balaban J connectivity index is 2.11. The fraction of sp³-hybridized carbons (Fsp3) is 0.529. The lowest BCUT2D eigenvalue weighted by atomic mass is 9.73. The molecule has 0 saturated heterocycles. The first kappa shape index (κ1) is 15.7. The van der Waals surface area contributed by atoms with E-state index in [9.17, 15) is 5.11 Å². The summed E-state index contributed by atoms with van der Waals surface area (Å²) in [5.41, 5.74) is 1.45. The van der Waals surface area contributed by atoms with Crippen LogP contribution in [-0.4, -0.2) is 25.5 Å². The van der Waals surface area contributed by atoms with E-state index in [0.717, 1.165) is 6.42 Å². The number of hydrogen-bond acceptors (Lipinski definition) is 3. The zero-order valence-corrected chi connectivity index (χ0v) is 13.4. The molecule has 1 atom stereocenters. The third kappa shape index (κ3) is 3.91. The molecule has 0 spiro atoms. The summed E-state index contributed by atoms with van der Waals surface area (Å²) in [6.07, 6.45) is 4.70. The predicted octanol–water partition coefficient (Wildman–Crippen LogP) is 3.00. The molecule has 2 aromatic rings. The van der Waals surface area contributed by atoms with Crippen molar-refractivity contribution < 1.29 is 5.11 Å². The molecular formula is C17H25N3O. The highest BCUT2D eigenvalue weighted by Gasteiger charge is 2.40. The molecule has 114 valence electrons. The summed E-state index contributed by atoms with van der Waals surface area (Å²) in [6.45, 7) is 8.75. The third-order valence-corrected chi connectivity index (χ3v) is 4.23. The number of nitrogens with zero attached hydrogens (tertiary/aromatic N) is 3. The first-order chi connectivity index (χ1) is 9.80. The molecule has 0 aliphatic carbocycles. The highest BCUT2D eigenvalue weighted by Crippen LogP contribution is 2.35. The number of aromatic nitrogens is 3. The smallest absolute Gasteiger partial charge is 0.137 e. The molecule has 4 heteroatoms. The predicted molar refractivity (Wildman–Crippen MR) is 83.9 cm³/mol.